The summed E-state index contributed by atoms with van der Waals surface area (Å²) in [6.45, 7) is 0. The summed E-state index contributed by atoms with van der Waals surface area (Å²) in [6, 6.07) is 4.61. The van der Waals surface area contributed by atoms with Gasteiger partial charge in [0.1, 0.15) is 0 Å². The molecule has 0 saturated carbocycles. The fourth-order valence-electron chi connectivity index (χ4n) is 1.58. The van der Waals surface area contributed by atoms with Gasteiger partial charge in [-0.05, 0) is 17.7 Å². The number of hydrogen-bond donors (Lipinski definition) is 1. The number of nitrogens with zero attached hydrogens (tertiary/aromatic N) is 2. The summed E-state index contributed by atoms with van der Waals surface area (Å²) in [5.74, 6) is -0.393. The minimum absolute atomic E-state index is 0.0668. The van der Waals surface area contributed by atoms with Crippen molar-refractivity contribution in [3.63, 3.8) is 0 Å². The van der Waals surface area contributed by atoms with Gasteiger partial charge >= 0.3 is 12.1 Å². The average Bonchev–Trinajstić information content (AvgIpc) is 2.94. The molecule has 0 spiro atoms. The second kappa shape index (κ2) is 7.23. The molecule has 0 amide bonds. The molecule has 2 rings (SSSR count). The maximum atomic E-state index is 12.4. The van der Waals surface area contributed by atoms with E-state index in [-0.39, 0.29) is 6.42 Å². The maximum absolute atomic E-state index is 12.4. The molecule has 1 heterocycles. The normalized spacial score (nSPS) is 11.7. The molecule has 0 fully saturated rings. The summed E-state index contributed by atoms with van der Waals surface area (Å²) in [7, 11) is 1.29. The minimum atomic E-state index is -4.36. The Hall–Kier alpha value is -2.42. The Morgan fingerprint density at radius 3 is 2.70 bits per heavy atom. The van der Waals surface area contributed by atoms with Crippen molar-refractivity contribution in [2.45, 2.75) is 12.6 Å². The third kappa shape index (κ3) is 5.06. The summed E-state index contributed by atoms with van der Waals surface area (Å²) in [5.41, 5.74) is 3.00. The van der Waals surface area contributed by atoms with Gasteiger partial charge in [-0.25, -0.2) is 4.98 Å². The third-order valence-electron chi connectivity index (χ3n) is 2.72. The third-order valence-corrected chi connectivity index (χ3v) is 3.51. The zero-order chi connectivity index (χ0) is 16.9. The molecule has 23 heavy (non-hydrogen) atoms. The van der Waals surface area contributed by atoms with E-state index in [2.05, 4.69) is 20.2 Å². The molecule has 1 aromatic heterocycles. The Bertz CT molecular complexity index is 696. The van der Waals surface area contributed by atoms with Crippen LogP contribution in [0.15, 0.2) is 34.7 Å². The van der Waals surface area contributed by atoms with Crippen LogP contribution in [-0.2, 0) is 22.1 Å². The second-order valence-corrected chi connectivity index (χ2v) is 5.24. The van der Waals surface area contributed by atoms with Crippen LogP contribution in [0.4, 0.5) is 18.3 Å². The number of ether oxygens (including phenoxy) is 1. The van der Waals surface area contributed by atoms with E-state index < -0.39 is 17.7 Å². The Balaban J connectivity index is 1.93. The molecule has 1 aromatic carbocycles. The van der Waals surface area contributed by atoms with Crippen LogP contribution < -0.4 is 5.43 Å². The number of hydrogen-bond acceptors (Lipinski definition) is 6. The molecular formula is C14H12F3N3O2S. The number of carbonyl (C=O) groups is 1. The molecule has 122 valence electrons. The van der Waals surface area contributed by atoms with E-state index >= 15 is 0 Å². The van der Waals surface area contributed by atoms with E-state index in [4.69, 9.17) is 0 Å². The van der Waals surface area contributed by atoms with E-state index in [9.17, 15) is 18.0 Å². The smallest absolute Gasteiger partial charge is 0.416 e. The van der Waals surface area contributed by atoms with Crippen molar-refractivity contribution in [1.82, 2.24) is 4.98 Å². The molecule has 0 saturated heterocycles. The van der Waals surface area contributed by atoms with Gasteiger partial charge in [0, 0.05) is 5.38 Å². The number of carbonyl (C=O) groups excluding carboxylic acids is 1. The van der Waals surface area contributed by atoms with Gasteiger partial charge in [0.25, 0.3) is 0 Å². The van der Waals surface area contributed by atoms with Gasteiger partial charge in [-0.3, -0.25) is 10.2 Å². The standard InChI is InChI=1S/C14H12F3N3O2S/c1-22-12(21)6-11-8-23-13(19-11)20-18-7-9-2-4-10(5-3-9)14(15,16)17/h2-5,7-8H,6H2,1H3,(H,19,20)/b18-7-. The first kappa shape index (κ1) is 16.9. The van der Waals surface area contributed by atoms with Crippen LogP contribution in [0.5, 0.6) is 0 Å². The van der Waals surface area contributed by atoms with Crippen LogP contribution in [-0.4, -0.2) is 24.3 Å². The Kier molecular flexibility index (Phi) is 5.32. The van der Waals surface area contributed by atoms with Crippen LogP contribution in [0.3, 0.4) is 0 Å². The molecule has 0 unspecified atom stereocenters. The molecule has 0 bridgehead atoms. The van der Waals surface area contributed by atoms with Gasteiger partial charge in [0.2, 0.25) is 5.13 Å². The molecule has 0 radical (unpaired) electrons. The number of thiazole rings is 1. The fraction of sp³-hybridized carbons (Fsp3) is 0.214. The largest absolute Gasteiger partial charge is 0.469 e. The molecule has 2 aromatic rings. The number of esters is 1. The second-order valence-electron chi connectivity index (χ2n) is 4.39. The van der Waals surface area contributed by atoms with Gasteiger partial charge < -0.3 is 4.74 Å². The number of benzene rings is 1. The number of methoxy groups -OCH3 is 1. The summed E-state index contributed by atoms with van der Waals surface area (Å²) >= 11 is 1.25. The van der Waals surface area contributed by atoms with Crippen molar-refractivity contribution in [1.29, 1.82) is 0 Å². The lowest BCUT2D eigenvalue weighted by atomic mass is 10.1. The molecule has 1 N–H and O–H groups in total. The van der Waals surface area contributed by atoms with Crippen molar-refractivity contribution in [3.8, 4) is 0 Å². The highest BCUT2D eigenvalue weighted by Gasteiger charge is 2.29. The molecule has 0 aliphatic rings. The zero-order valence-electron chi connectivity index (χ0n) is 11.9. The summed E-state index contributed by atoms with van der Waals surface area (Å²) < 4.78 is 41.8. The van der Waals surface area contributed by atoms with Crippen molar-refractivity contribution in [2.24, 2.45) is 5.10 Å². The van der Waals surface area contributed by atoms with Crippen molar-refractivity contribution in [2.75, 3.05) is 12.5 Å². The quantitative estimate of drug-likeness (QED) is 0.514. The number of anilines is 1. The zero-order valence-corrected chi connectivity index (χ0v) is 12.7. The predicted molar refractivity (Wildman–Crippen MR) is 80.5 cm³/mol. The maximum Gasteiger partial charge on any atom is 0.416 e. The first-order valence-electron chi connectivity index (χ1n) is 6.36. The lowest BCUT2D eigenvalue weighted by Crippen LogP contribution is -2.04. The van der Waals surface area contributed by atoms with Crippen molar-refractivity contribution >= 4 is 28.7 Å². The predicted octanol–water partition coefficient (Wildman–Crippen LogP) is 3.32. The van der Waals surface area contributed by atoms with Gasteiger partial charge in [-0.1, -0.05) is 12.1 Å². The lowest BCUT2D eigenvalue weighted by Gasteiger charge is -2.05. The van der Waals surface area contributed by atoms with Gasteiger partial charge in [0.15, 0.2) is 0 Å². The van der Waals surface area contributed by atoms with Crippen molar-refractivity contribution in [3.05, 3.63) is 46.5 Å². The number of alkyl halides is 3. The minimum Gasteiger partial charge on any atom is -0.469 e. The molecular weight excluding hydrogens is 331 g/mol. The Morgan fingerprint density at radius 1 is 1.39 bits per heavy atom. The van der Waals surface area contributed by atoms with Gasteiger partial charge in [0.05, 0.1) is 31.0 Å². The van der Waals surface area contributed by atoms with Crippen LogP contribution >= 0.6 is 11.3 Å². The Morgan fingerprint density at radius 2 is 2.09 bits per heavy atom. The summed E-state index contributed by atoms with van der Waals surface area (Å²) in [4.78, 5) is 15.2. The highest BCUT2D eigenvalue weighted by Crippen LogP contribution is 2.28. The molecule has 5 nitrogen and oxygen atoms in total. The van der Waals surface area contributed by atoms with E-state index in [0.29, 0.717) is 16.4 Å². The van der Waals surface area contributed by atoms with Gasteiger partial charge in [-0.15, -0.1) is 11.3 Å². The highest BCUT2D eigenvalue weighted by atomic mass is 32.1. The summed E-state index contributed by atoms with van der Waals surface area (Å²) in [5, 5.41) is 6.04. The monoisotopic (exact) mass is 343 g/mol. The lowest BCUT2D eigenvalue weighted by molar-refractivity contribution is -0.140. The van der Waals surface area contributed by atoms with Crippen LogP contribution in [0, 0.1) is 0 Å². The van der Waals surface area contributed by atoms with E-state index in [1.54, 1.807) is 5.38 Å². The topological polar surface area (TPSA) is 63.6 Å². The van der Waals surface area contributed by atoms with E-state index in [1.807, 2.05) is 0 Å². The average molecular weight is 343 g/mol. The van der Waals surface area contributed by atoms with Crippen LogP contribution in [0.1, 0.15) is 16.8 Å². The van der Waals surface area contributed by atoms with Crippen LogP contribution in [0.25, 0.3) is 0 Å². The Labute approximate surface area is 133 Å². The van der Waals surface area contributed by atoms with Crippen molar-refractivity contribution < 1.29 is 22.7 Å². The first-order valence-corrected chi connectivity index (χ1v) is 7.24. The van der Waals surface area contributed by atoms with Gasteiger partial charge in [-0.2, -0.15) is 18.3 Å². The SMILES string of the molecule is COC(=O)Cc1csc(N/N=C\c2ccc(C(F)(F)F)cc2)n1. The van der Waals surface area contributed by atoms with Crippen LogP contribution in [0.2, 0.25) is 0 Å². The molecule has 9 heteroatoms. The van der Waals surface area contributed by atoms with E-state index in [0.717, 1.165) is 12.1 Å². The van der Waals surface area contributed by atoms with E-state index in [1.165, 1.54) is 36.8 Å². The molecule has 0 aliphatic carbocycles. The number of hydrazone groups is 1. The number of nitrogens with one attached hydrogen (secondary N) is 1. The molecule has 0 aliphatic heterocycles. The number of rotatable bonds is 5. The number of halogens is 3. The molecule has 0 atom stereocenters. The first-order chi connectivity index (χ1) is 10.9. The highest BCUT2D eigenvalue weighted by molar-refractivity contribution is 7.13. The number of aromatic nitrogens is 1. The fourth-order valence-corrected chi connectivity index (χ4v) is 2.24. The summed E-state index contributed by atoms with van der Waals surface area (Å²) in [6.07, 6.45) is -2.91.